The summed E-state index contributed by atoms with van der Waals surface area (Å²) in [6.45, 7) is 5.15. The number of benzene rings is 2. The molecule has 2 heterocycles. The van der Waals surface area contributed by atoms with E-state index in [1.807, 2.05) is 6.08 Å². The van der Waals surface area contributed by atoms with Gasteiger partial charge in [-0.15, -0.1) is 6.58 Å². The second-order valence-electron chi connectivity index (χ2n) is 9.65. The van der Waals surface area contributed by atoms with Gasteiger partial charge in [-0.25, -0.2) is 8.78 Å². The molecule has 2 aliphatic rings. The quantitative estimate of drug-likeness (QED) is 0.236. The molecule has 216 valence electrons. The van der Waals surface area contributed by atoms with Crippen molar-refractivity contribution in [2.24, 2.45) is 0 Å². The molecule has 0 aliphatic carbocycles. The first kappa shape index (κ1) is 30.8. The Morgan fingerprint density at radius 2 is 1.18 bits per heavy atom. The smallest absolute Gasteiger partial charge is 0.387 e. The zero-order chi connectivity index (χ0) is 28.4. The topological polar surface area (TPSA) is 24.9 Å². The third kappa shape index (κ3) is 8.89. The fraction of sp³-hybridized carbons (Fsp3) is 0.517. The summed E-state index contributed by atoms with van der Waals surface area (Å²) in [6, 6.07) is 8.93. The first-order valence-corrected chi connectivity index (χ1v) is 13.2. The lowest BCUT2D eigenvalue weighted by atomic mass is 9.89. The van der Waals surface area contributed by atoms with Crippen molar-refractivity contribution < 1.29 is 35.8 Å². The molecule has 2 aliphatic heterocycles. The van der Waals surface area contributed by atoms with Gasteiger partial charge in [0.15, 0.2) is 23.1 Å². The number of ether oxygens (including phenoxy) is 2. The summed E-state index contributed by atoms with van der Waals surface area (Å²) in [5.41, 5.74) is 0.968. The molecule has 2 aromatic carbocycles. The Kier molecular flexibility index (Phi) is 12.0. The molecule has 2 fully saturated rings. The normalized spacial score (nSPS) is 17.7. The largest absolute Gasteiger partial charge is 0.432 e. The standard InChI is InChI=1S/C15H18F3NO.C14H18F3NO/c1-2-8-19-9-6-11(7-10-19)12-4-3-5-13(14(12)16)20-15(17)18;1-2-18-8-6-10(7-9-18)11-4-3-5-12(13(11)15)19-14(16)17/h2-5,11,15H,1,6-10H2;3-5,10,14H,2,6-9H2,1H3. The van der Waals surface area contributed by atoms with Crippen LogP contribution in [0.3, 0.4) is 0 Å². The van der Waals surface area contributed by atoms with Gasteiger partial charge in [-0.05, 0) is 93.5 Å². The Balaban J connectivity index is 0.000000216. The summed E-state index contributed by atoms with van der Waals surface area (Å²) in [7, 11) is 0. The van der Waals surface area contributed by atoms with Gasteiger partial charge in [0.05, 0.1) is 0 Å². The zero-order valence-corrected chi connectivity index (χ0v) is 22.1. The van der Waals surface area contributed by atoms with Crippen molar-refractivity contribution in [1.82, 2.24) is 9.80 Å². The average molecular weight is 559 g/mol. The van der Waals surface area contributed by atoms with E-state index in [-0.39, 0.29) is 23.3 Å². The molecule has 39 heavy (non-hydrogen) atoms. The lowest BCUT2D eigenvalue weighted by Gasteiger charge is -2.31. The highest BCUT2D eigenvalue weighted by Gasteiger charge is 2.25. The van der Waals surface area contributed by atoms with Crippen LogP contribution in [0.5, 0.6) is 11.5 Å². The molecule has 2 aromatic rings. The van der Waals surface area contributed by atoms with Crippen molar-refractivity contribution in [3.05, 3.63) is 71.8 Å². The Morgan fingerprint density at radius 1 is 0.769 bits per heavy atom. The Morgan fingerprint density at radius 3 is 1.54 bits per heavy atom. The number of nitrogens with zero attached hydrogens (tertiary/aromatic N) is 2. The van der Waals surface area contributed by atoms with Crippen molar-refractivity contribution >= 4 is 0 Å². The number of halogens is 6. The second-order valence-corrected chi connectivity index (χ2v) is 9.65. The van der Waals surface area contributed by atoms with Crippen LogP contribution in [-0.4, -0.2) is 62.3 Å². The predicted octanol–water partition coefficient (Wildman–Crippen LogP) is 7.42. The van der Waals surface area contributed by atoms with Crippen LogP contribution < -0.4 is 9.47 Å². The van der Waals surface area contributed by atoms with E-state index in [1.165, 1.54) is 12.1 Å². The molecular formula is C29H36F6N2O2. The Hall–Kier alpha value is -2.72. The van der Waals surface area contributed by atoms with E-state index in [9.17, 15) is 26.3 Å². The number of piperidine rings is 2. The van der Waals surface area contributed by atoms with Gasteiger partial charge in [-0.3, -0.25) is 4.90 Å². The molecule has 2 saturated heterocycles. The van der Waals surface area contributed by atoms with E-state index in [1.54, 1.807) is 24.3 Å². The molecule has 4 rings (SSSR count). The predicted molar refractivity (Wildman–Crippen MR) is 139 cm³/mol. The fourth-order valence-electron chi connectivity index (χ4n) is 5.23. The van der Waals surface area contributed by atoms with Crippen molar-refractivity contribution in [1.29, 1.82) is 0 Å². The van der Waals surface area contributed by atoms with Crippen LogP contribution in [-0.2, 0) is 0 Å². The third-order valence-electron chi connectivity index (χ3n) is 7.31. The molecule has 0 aromatic heterocycles. The summed E-state index contributed by atoms with van der Waals surface area (Å²) in [4.78, 5) is 4.54. The number of alkyl halides is 4. The second kappa shape index (κ2) is 15.2. The maximum atomic E-state index is 14.2. The number of rotatable bonds is 9. The molecule has 0 amide bonds. The van der Waals surface area contributed by atoms with Crippen LogP contribution in [0.2, 0.25) is 0 Å². The molecule has 4 nitrogen and oxygen atoms in total. The van der Waals surface area contributed by atoms with Crippen LogP contribution in [0.15, 0.2) is 49.1 Å². The third-order valence-corrected chi connectivity index (χ3v) is 7.31. The van der Waals surface area contributed by atoms with Gasteiger partial charge >= 0.3 is 13.2 Å². The van der Waals surface area contributed by atoms with Crippen molar-refractivity contribution in [3.63, 3.8) is 0 Å². The van der Waals surface area contributed by atoms with Gasteiger partial charge < -0.3 is 14.4 Å². The maximum Gasteiger partial charge on any atom is 0.387 e. The lowest BCUT2D eigenvalue weighted by molar-refractivity contribution is -0.0529. The summed E-state index contributed by atoms with van der Waals surface area (Å²) in [5, 5.41) is 0. The first-order valence-electron chi connectivity index (χ1n) is 13.2. The molecule has 0 atom stereocenters. The average Bonchev–Trinajstić information content (AvgIpc) is 2.92. The summed E-state index contributed by atoms with van der Waals surface area (Å²) < 4.78 is 85.5. The highest BCUT2D eigenvalue weighted by molar-refractivity contribution is 5.34. The van der Waals surface area contributed by atoms with Crippen LogP contribution in [0, 0.1) is 11.6 Å². The Labute approximate surface area is 226 Å². The lowest BCUT2D eigenvalue weighted by Crippen LogP contribution is -2.33. The van der Waals surface area contributed by atoms with Crippen molar-refractivity contribution in [2.45, 2.75) is 57.7 Å². The monoisotopic (exact) mass is 558 g/mol. The molecule has 10 heteroatoms. The van der Waals surface area contributed by atoms with Gasteiger partial charge in [0.1, 0.15) is 0 Å². The van der Waals surface area contributed by atoms with E-state index in [0.29, 0.717) is 11.1 Å². The fourth-order valence-corrected chi connectivity index (χ4v) is 5.23. The number of hydrogen-bond donors (Lipinski definition) is 0. The van der Waals surface area contributed by atoms with Crippen molar-refractivity contribution in [2.75, 3.05) is 39.3 Å². The molecule has 0 unspecified atom stereocenters. The minimum atomic E-state index is -3.01. The van der Waals surface area contributed by atoms with Crippen LogP contribution in [0.4, 0.5) is 26.3 Å². The van der Waals surface area contributed by atoms with Crippen molar-refractivity contribution in [3.8, 4) is 11.5 Å². The minimum Gasteiger partial charge on any atom is -0.432 e. The van der Waals surface area contributed by atoms with E-state index in [4.69, 9.17) is 0 Å². The van der Waals surface area contributed by atoms with Crippen LogP contribution in [0.25, 0.3) is 0 Å². The molecule has 0 spiro atoms. The van der Waals surface area contributed by atoms with Gasteiger partial charge in [0.2, 0.25) is 0 Å². The molecule has 0 saturated carbocycles. The van der Waals surface area contributed by atoms with E-state index in [2.05, 4.69) is 32.8 Å². The summed E-state index contributed by atoms with van der Waals surface area (Å²) in [5.74, 6) is -1.88. The summed E-state index contributed by atoms with van der Waals surface area (Å²) in [6.07, 6.45) is 5.16. The van der Waals surface area contributed by atoms with E-state index >= 15 is 0 Å². The molecule has 0 radical (unpaired) electrons. The van der Waals surface area contributed by atoms with Gasteiger partial charge in [0, 0.05) is 6.54 Å². The minimum absolute atomic E-state index is 0.0530. The number of hydrogen-bond acceptors (Lipinski definition) is 4. The molecular weight excluding hydrogens is 522 g/mol. The van der Waals surface area contributed by atoms with E-state index < -0.39 is 24.9 Å². The van der Waals surface area contributed by atoms with Crippen LogP contribution >= 0.6 is 0 Å². The maximum absolute atomic E-state index is 14.2. The SMILES string of the molecule is C=CCN1CCC(c2cccc(OC(F)F)c2F)CC1.CCN1CCC(c2cccc(OC(F)F)c2F)CC1. The zero-order valence-electron chi connectivity index (χ0n) is 22.1. The van der Waals surface area contributed by atoms with Crippen LogP contribution in [0.1, 0.15) is 55.6 Å². The molecule has 0 bridgehead atoms. The first-order chi connectivity index (χ1) is 18.7. The number of likely N-dealkylation sites (tertiary alicyclic amines) is 2. The Bertz CT molecular complexity index is 1040. The van der Waals surface area contributed by atoms with E-state index in [0.717, 1.165) is 65.0 Å². The highest BCUT2D eigenvalue weighted by Crippen LogP contribution is 2.35. The summed E-state index contributed by atoms with van der Waals surface area (Å²) >= 11 is 0. The van der Waals surface area contributed by atoms with Gasteiger partial charge in [-0.1, -0.05) is 37.3 Å². The molecule has 0 N–H and O–H groups in total. The highest BCUT2D eigenvalue weighted by atomic mass is 19.3. The van der Waals surface area contributed by atoms with Gasteiger partial charge in [-0.2, -0.15) is 17.6 Å². The van der Waals surface area contributed by atoms with Gasteiger partial charge in [0.25, 0.3) is 0 Å².